The summed E-state index contributed by atoms with van der Waals surface area (Å²) in [4.78, 5) is 3.70. The van der Waals surface area contributed by atoms with Gasteiger partial charge < -0.3 is 5.32 Å². The molecule has 1 fully saturated rings. The van der Waals surface area contributed by atoms with Crippen molar-refractivity contribution in [2.24, 2.45) is 0 Å². The number of hydrogen-bond donors (Lipinski definition) is 1. The number of thioether (sulfide) groups is 1. The predicted molar refractivity (Wildman–Crippen MR) is 62.7 cm³/mol. The fourth-order valence-corrected chi connectivity index (χ4v) is 2.73. The maximum Gasteiger partial charge on any atom is 0.168 e. The summed E-state index contributed by atoms with van der Waals surface area (Å²) in [7, 11) is 0. The Kier molecular flexibility index (Phi) is 3.33. The van der Waals surface area contributed by atoms with Gasteiger partial charge >= 0.3 is 0 Å². The maximum atomic E-state index is 13.3. The molecular weight excluding hydrogens is 230 g/mol. The fraction of sp³-hybridized carbons (Fsp3) is 0.545. The molecule has 0 atom stereocenters. The van der Waals surface area contributed by atoms with Gasteiger partial charge in [0.1, 0.15) is 5.82 Å². The van der Waals surface area contributed by atoms with Gasteiger partial charge in [0, 0.05) is 17.4 Å². The van der Waals surface area contributed by atoms with Crippen molar-refractivity contribution in [2.45, 2.75) is 24.0 Å². The van der Waals surface area contributed by atoms with Crippen molar-refractivity contribution in [1.29, 1.82) is 0 Å². The van der Waals surface area contributed by atoms with Crippen molar-refractivity contribution in [2.75, 3.05) is 18.1 Å². The van der Waals surface area contributed by atoms with Crippen LogP contribution >= 0.6 is 11.8 Å². The predicted octanol–water partition coefficient (Wildman–Crippen LogP) is 3.06. The minimum absolute atomic E-state index is 0.140. The Morgan fingerprint density at radius 3 is 2.75 bits per heavy atom. The van der Waals surface area contributed by atoms with Gasteiger partial charge in [-0.15, -0.1) is 0 Å². The van der Waals surface area contributed by atoms with Crippen LogP contribution in [0.15, 0.2) is 12.3 Å². The summed E-state index contributed by atoms with van der Waals surface area (Å²) in [5.41, 5.74) is 0. The van der Waals surface area contributed by atoms with Crippen LogP contribution in [0.1, 0.15) is 19.3 Å². The molecule has 0 radical (unpaired) electrons. The quantitative estimate of drug-likeness (QED) is 0.881. The zero-order chi connectivity index (χ0) is 11.6. The molecule has 1 aliphatic rings. The van der Waals surface area contributed by atoms with E-state index in [1.807, 2.05) is 0 Å². The molecule has 0 unspecified atom stereocenters. The number of nitrogens with one attached hydrogen (secondary N) is 1. The van der Waals surface area contributed by atoms with Crippen molar-refractivity contribution in [3.8, 4) is 0 Å². The van der Waals surface area contributed by atoms with E-state index in [1.54, 1.807) is 11.8 Å². The summed E-state index contributed by atoms with van der Waals surface area (Å²) in [5, 5.41) is 2.96. The van der Waals surface area contributed by atoms with E-state index in [0.717, 1.165) is 25.1 Å². The highest BCUT2D eigenvalue weighted by Gasteiger charge is 2.36. The molecule has 1 saturated carbocycles. The monoisotopic (exact) mass is 244 g/mol. The summed E-state index contributed by atoms with van der Waals surface area (Å²) in [6.07, 6.45) is 6.60. The van der Waals surface area contributed by atoms with Crippen molar-refractivity contribution in [3.63, 3.8) is 0 Å². The Hall–Kier alpha value is -0.840. The molecule has 0 aliphatic heterocycles. The molecule has 1 aromatic heterocycles. The molecule has 1 heterocycles. The molecule has 2 rings (SSSR count). The van der Waals surface area contributed by atoms with E-state index >= 15 is 0 Å². The van der Waals surface area contributed by atoms with Crippen LogP contribution in [0.25, 0.3) is 0 Å². The minimum atomic E-state index is -0.647. The van der Waals surface area contributed by atoms with E-state index in [-0.39, 0.29) is 10.6 Å². The van der Waals surface area contributed by atoms with E-state index in [4.69, 9.17) is 0 Å². The second-order valence-electron chi connectivity index (χ2n) is 4.08. The van der Waals surface area contributed by atoms with Crippen LogP contribution in [0.2, 0.25) is 0 Å². The minimum Gasteiger partial charge on any atom is -0.366 e. The summed E-state index contributed by atoms with van der Waals surface area (Å²) in [5.74, 6) is -1.14. The zero-order valence-corrected chi connectivity index (χ0v) is 9.91. The standard InChI is InChI=1S/C11H14F2N2S/c1-16-11(3-2-4-11)7-15-10-9(13)5-8(12)6-14-10/h5-6H,2-4,7H2,1H3,(H,14,15). The van der Waals surface area contributed by atoms with E-state index in [0.29, 0.717) is 6.54 Å². The molecule has 0 aromatic carbocycles. The second kappa shape index (κ2) is 4.57. The molecule has 5 heteroatoms. The molecule has 0 saturated heterocycles. The molecule has 0 amide bonds. The molecule has 1 N–H and O–H groups in total. The molecule has 1 aliphatic carbocycles. The van der Waals surface area contributed by atoms with Crippen molar-refractivity contribution in [1.82, 2.24) is 4.98 Å². The summed E-state index contributed by atoms with van der Waals surface area (Å²) < 4.78 is 26.1. The first-order valence-corrected chi connectivity index (χ1v) is 6.48. The molecule has 88 valence electrons. The number of rotatable bonds is 4. The number of anilines is 1. The molecule has 16 heavy (non-hydrogen) atoms. The van der Waals surface area contributed by atoms with Crippen molar-refractivity contribution < 1.29 is 8.78 Å². The molecular formula is C11H14F2N2S. The zero-order valence-electron chi connectivity index (χ0n) is 9.09. The summed E-state index contributed by atoms with van der Waals surface area (Å²) >= 11 is 1.80. The number of halogens is 2. The molecule has 1 aromatic rings. The topological polar surface area (TPSA) is 24.9 Å². The van der Waals surface area contributed by atoms with Gasteiger partial charge in [-0.1, -0.05) is 6.42 Å². The number of hydrogen-bond acceptors (Lipinski definition) is 3. The van der Waals surface area contributed by atoms with Crippen molar-refractivity contribution >= 4 is 17.6 Å². The maximum absolute atomic E-state index is 13.3. The average molecular weight is 244 g/mol. The smallest absolute Gasteiger partial charge is 0.168 e. The van der Waals surface area contributed by atoms with Crippen LogP contribution in [-0.4, -0.2) is 22.5 Å². The largest absolute Gasteiger partial charge is 0.366 e. The summed E-state index contributed by atoms with van der Waals surface area (Å²) in [6.45, 7) is 0.684. The SMILES string of the molecule is CSC1(CNc2ncc(F)cc2F)CCC1. The van der Waals surface area contributed by atoms with Crippen LogP contribution in [0.3, 0.4) is 0 Å². The van der Waals surface area contributed by atoms with Crippen LogP contribution < -0.4 is 5.32 Å². The third-order valence-corrected chi connectivity index (χ3v) is 4.50. The van der Waals surface area contributed by atoms with Gasteiger partial charge in [0.05, 0.1) is 6.20 Å². The Bertz CT molecular complexity index is 375. The van der Waals surface area contributed by atoms with Gasteiger partial charge in [0.2, 0.25) is 0 Å². The number of pyridine rings is 1. The van der Waals surface area contributed by atoms with Crippen LogP contribution in [0.5, 0.6) is 0 Å². The lowest BCUT2D eigenvalue weighted by Crippen LogP contribution is -2.40. The first-order chi connectivity index (χ1) is 7.65. The molecule has 2 nitrogen and oxygen atoms in total. The Balaban J connectivity index is 1.99. The first kappa shape index (κ1) is 11.6. The first-order valence-electron chi connectivity index (χ1n) is 5.25. The Morgan fingerprint density at radius 2 is 2.25 bits per heavy atom. The Morgan fingerprint density at radius 1 is 1.50 bits per heavy atom. The van der Waals surface area contributed by atoms with Gasteiger partial charge in [-0.2, -0.15) is 11.8 Å². The van der Waals surface area contributed by atoms with Gasteiger partial charge in [-0.05, 0) is 19.1 Å². The van der Waals surface area contributed by atoms with E-state index < -0.39 is 11.6 Å². The lowest BCUT2D eigenvalue weighted by Gasteiger charge is -2.40. The van der Waals surface area contributed by atoms with E-state index in [1.165, 1.54) is 6.42 Å². The lowest BCUT2D eigenvalue weighted by molar-refractivity contribution is 0.379. The lowest BCUT2D eigenvalue weighted by atomic mass is 9.84. The van der Waals surface area contributed by atoms with Gasteiger partial charge in [0.15, 0.2) is 11.6 Å². The normalized spacial score (nSPS) is 17.9. The van der Waals surface area contributed by atoms with E-state index in [9.17, 15) is 8.78 Å². The van der Waals surface area contributed by atoms with E-state index in [2.05, 4.69) is 16.6 Å². The average Bonchev–Trinajstić information content (AvgIpc) is 2.19. The highest BCUT2D eigenvalue weighted by molar-refractivity contribution is 8.00. The van der Waals surface area contributed by atoms with Gasteiger partial charge in [-0.3, -0.25) is 0 Å². The fourth-order valence-electron chi connectivity index (χ4n) is 1.81. The number of aromatic nitrogens is 1. The number of nitrogens with zero attached hydrogens (tertiary/aromatic N) is 1. The second-order valence-corrected chi connectivity index (χ2v) is 5.35. The Labute approximate surface area is 97.8 Å². The van der Waals surface area contributed by atoms with Gasteiger partial charge in [0.25, 0.3) is 0 Å². The van der Waals surface area contributed by atoms with Crippen LogP contribution in [0.4, 0.5) is 14.6 Å². The third kappa shape index (κ3) is 2.29. The van der Waals surface area contributed by atoms with Gasteiger partial charge in [-0.25, -0.2) is 13.8 Å². The summed E-state index contributed by atoms with van der Waals surface area (Å²) in [6, 6.07) is 0.849. The highest BCUT2D eigenvalue weighted by atomic mass is 32.2. The third-order valence-electron chi connectivity index (χ3n) is 3.08. The highest BCUT2D eigenvalue weighted by Crippen LogP contribution is 2.42. The van der Waals surface area contributed by atoms with Crippen molar-refractivity contribution in [3.05, 3.63) is 23.9 Å². The molecule has 0 bridgehead atoms. The van der Waals surface area contributed by atoms with Crippen LogP contribution in [0, 0.1) is 11.6 Å². The molecule has 0 spiro atoms. The van der Waals surface area contributed by atoms with Crippen LogP contribution in [-0.2, 0) is 0 Å².